The molecule has 0 radical (unpaired) electrons. The third-order valence-electron chi connectivity index (χ3n) is 6.40. The van der Waals surface area contributed by atoms with Gasteiger partial charge in [-0.1, -0.05) is 74.9 Å². The molecule has 2 atom stereocenters. The minimum Gasteiger partial charge on any atom is -0.400 e. The van der Waals surface area contributed by atoms with Crippen LogP contribution in [0.4, 0.5) is 0 Å². The summed E-state index contributed by atoms with van der Waals surface area (Å²) >= 11 is 0. The van der Waals surface area contributed by atoms with Crippen molar-refractivity contribution in [1.29, 1.82) is 0 Å². The first-order chi connectivity index (χ1) is 17.7. The van der Waals surface area contributed by atoms with Crippen LogP contribution in [-0.4, -0.2) is 50.6 Å². The Morgan fingerprint density at radius 3 is 1.97 bits per heavy atom. The highest BCUT2D eigenvalue weighted by Gasteiger charge is 2.35. The van der Waals surface area contributed by atoms with E-state index in [1.165, 1.54) is 29.7 Å². The first-order valence-electron chi connectivity index (χ1n) is 13.3. The average Bonchev–Trinajstić information content (AvgIpc) is 2.84. The standard InChI is InChI=1S/C28H40O3.C4H10O.CH4O.H2S/c1-10-13-14-19(4)20(5)15-24-16-21(6)22(7)17-25(24)23(11-2)18-27(8,29)26(12-3)28(9,30)31;1-2-3-4-5;1-2;/h10-14,16-18,20,29-31H,2,15H2,1,3-9H3;5H,2-4H2,1H3;2H,1H3;1H2/b13-10-,19-14+,23-18+,26-12+;;;. The number of hydrogen-bond acceptors (Lipinski definition) is 5. The molecule has 0 aliphatic heterocycles. The van der Waals surface area contributed by atoms with Gasteiger partial charge in [-0.2, -0.15) is 13.5 Å². The second kappa shape index (κ2) is 20.9. The van der Waals surface area contributed by atoms with Gasteiger partial charge in [0.25, 0.3) is 0 Å². The van der Waals surface area contributed by atoms with E-state index in [9.17, 15) is 15.3 Å². The van der Waals surface area contributed by atoms with E-state index in [-0.39, 0.29) is 19.1 Å². The molecular formula is C33H56O5S. The molecule has 1 aromatic rings. The summed E-state index contributed by atoms with van der Waals surface area (Å²) in [5, 5.41) is 46.4. The number of aliphatic hydroxyl groups excluding tert-OH is 2. The van der Waals surface area contributed by atoms with E-state index in [1.54, 1.807) is 26.0 Å². The normalized spacial score (nSPS) is 14.8. The Kier molecular flexibility index (Phi) is 22.3. The van der Waals surface area contributed by atoms with E-state index in [4.69, 9.17) is 10.2 Å². The zero-order chi connectivity index (χ0) is 30.1. The first kappa shape index (κ1) is 41.5. The number of unbranched alkanes of at least 4 members (excludes halogenated alkanes) is 1. The van der Waals surface area contributed by atoms with Crippen LogP contribution >= 0.6 is 13.5 Å². The molecule has 0 aliphatic rings. The molecule has 1 rings (SSSR count). The van der Waals surface area contributed by atoms with Gasteiger partial charge in [0.1, 0.15) is 5.60 Å². The number of benzene rings is 1. The Labute approximate surface area is 245 Å². The lowest BCUT2D eigenvalue weighted by Gasteiger charge is -2.31. The molecule has 0 spiro atoms. The van der Waals surface area contributed by atoms with Gasteiger partial charge in [-0.25, -0.2) is 0 Å². The predicted molar refractivity (Wildman–Crippen MR) is 173 cm³/mol. The van der Waals surface area contributed by atoms with Gasteiger partial charge in [-0.05, 0) is 101 Å². The van der Waals surface area contributed by atoms with Crippen molar-refractivity contribution in [2.24, 2.45) is 5.92 Å². The molecule has 2 unspecified atom stereocenters. The summed E-state index contributed by atoms with van der Waals surface area (Å²) in [5.74, 6) is -1.79. The quantitative estimate of drug-likeness (QED) is 0.120. The topological polar surface area (TPSA) is 101 Å². The summed E-state index contributed by atoms with van der Waals surface area (Å²) in [5.41, 5.74) is 5.15. The highest BCUT2D eigenvalue weighted by Crippen LogP contribution is 2.33. The third-order valence-corrected chi connectivity index (χ3v) is 6.40. The first-order valence-corrected chi connectivity index (χ1v) is 13.3. The maximum Gasteiger partial charge on any atom is 0.185 e. The van der Waals surface area contributed by atoms with Crippen molar-refractivity contribution < 1.29 is 25.5 Å². The molecule has 5 N–H and O–H groups in total. The highest BCUT2D eigenvalue weighted by molar-refractivity contribution is 7.59. The third kappa shape index (κ3) is 14.9. The molecule has 39 heavy (non-hydrogen) atoms. The monoisotopic (exact) mass is 564 g/mol. The highest BCUT2D eigenvalue weighted by atomic mass is 32.1. The van der Waals surface area contributed by atoms with Crippen LogP contribution < -0.4 is 0 Å². The average molecular weight is 565 g/mol. The van der Waals surface area contributed by atoms with Crippen molar-refractivity contribution in [2.75, 3.05) is 13.7 Å². The van der Waals surface area contributed by atoms with Crippen LogP contribution in [0.15, 0.2) is 66.3 Å². The Bertz CT molecular complexity index is 961. The largest absolute Gasteiger partial charge is 0.400 e. The molecule has 224 valence electrons. The van der Waals surface area contributed by atoms with Gasteiger partial charge in [-0.3, -0.25) is 0 Å². The van der Waals surface area contributed by atoms with Crippen LogP contribution in [0.25, 0.3) is 5.57 Å². The minimum atomic E-state index is -2.13. The molecule has 1 aromatic carbocycles. The lowest BCUT2D eigenvalue weighted by molar-refractivity contribution is -0.128. The van der Waals surface area contributed by atoms with Crippen LogP contribution in [0.3, 0.4) is 0 Å². The predicted octanol–water partition coefficient (Wildman–Crippen LogP) is 6.47. The van der Waals surface area contributed by atoms with Crippen molar-refractivity contribution >= 4 is 19.1 Å². The maximum atomic E-state index is 11.1. The molecular weight excluding hydrogens is 508 g/mol. The van der Waals surface area contributed by atoms with Gasteiger partial charge in [0, 0.05) is 19.3 Å². The smallest absolute Gasteiger partial charge is 0.185 e. The van der Waals surface area contributed by atoms with E-state index in [2.05, 4.69) is 65.5 Å². The Hall–Kier alpha value is -1.93. The Morgan fingerprint density at radius 2 is 1.59 bits per heavy atom. The zero-order valence-electron chi connectivity index (χ0n) is 26.0. The number of hydrogen-bond donors (Lipinski definition) is 5. The van der Waals surface area contributed by atoms with Crippen molar-refractivity contribution in [3.8, 4) is 0 Å². The fourth-order valence-corrected chi connectivity index (χ4v) is 4.05. The lowest BCUT2D eigenvalue weighted by Crippen LogP contribution is -2.39. The Morgan fingerprint density at radius 1 is 1.05 bits per heavy atom. The summed E-state index contributed by atoms with van der Waals surface area (Å²) in [6, 6.07) is 4.33. The summed E-state index contributed by atoms with van der Waals surface area (Å²) in [6.07, 6.45) is 14.0. The van der Waals surface area contributed by atoms with Crippen LogP contribution in [0.1, 0.15) is 83.6 Å². The van der Waals surface area contributed by atoms with Gasteiger partial charge in [0.05, 0.1) is 0 Å². The van der Waals surface area contributed by atoms with E-state index in [1.807, 2.05) is 13.0 Å². The molecule has 0 heterocycles. The van der Waals surface area contributed by atoms with Crippen molar-refractivity contribution in [2.45, 2.75) is 93.0 Å². The Balaban J connectivity index is -0.00000145. The zero-order valence-corrected chi connectivity index (χ0v) is 27.0. The number of aryl methyl sites for hydroxylation is 2. The van der Waals surface area contributed by atoms with Gasteiger partial charge >= 0.3 is 0 Å². The molecule has 0 aromatic heterocycles. The fourth-order valence-electron chi connectivity index (χ4n) is 4.05. The van der Waals surface area contributed by atoms with E-state index >= 15 is 0 Å². The molecule has 0 aliphatic carbocycles. The molecule has 0 fully saturated rings. The molecule has 0 bridgehead atoms. The molecule has 6 heteroatoms. The number of rotatable bonds is 11. The minimum absolute atomic E-state index is 0. The van der Waals surface area contributed by atoms with Crippen molar-refractivity contribution in [3.63, 3.8) is 0 Å². The molecule has 5 nitrogen and oxygen atoms in total. The van der Waals surface area contributed by atoms with Gasteiger partial charge in [-0.15, -0.1) is 0 Å². The van der Waals surface area contributed by atoms with Crippen LogP contribution in [-0.2, 0) is 6.42 Å². The molecule has 0 saturated heterocycles. The van der Waals surface area contributed by atoms with Crippen molar-refractivity contribution in [3.05, 3.63) is 88.6 Å². The second-order valence-corrected chi connectivity index (χ2v) is 9.89. The second-order valence-electron chi connectivity index (χ2n) is 9.89. The van der Waals surface area contributed by atoms with Crippen LogP contribution in [0, 0.1) is 19.8 Å². The van der Waals surface area contributed by atoms with Crippen LogP contribution in [0.5, 0.6) is 0 Å². The summed E-state index contributed by atoms with van der Waals surface area (Å²) in [4.78, 5) is 0. The van der Waals surface area contributed by atoms with Gasteiger partial charge in [0.15, 0.2) is 5.79 Å². The van der Waals surface area contributed by atoms with E-state index < -0.39 is 11.4 Å². The van der Waals surface area contributed by atoms with Crippen molar-refractivity contribution in [1.82, 2.24) is 0 Å². The fraction of sp³-hybridized carbons (Fsp3) is 0.515. The van der Waals surface area contributed by atoms with Gasteiger partial charge in [0.2, 0.25) is 0 Å². The summed E-state index contributed by atoms with van der Waals surface area (Å²) in [7, 11) is 1.00. The number of allylic oxidation sites excluding steroid dienone is 7. The lowest BCUT2D eigenvalue weighted by atomic mass is 9.83. The SMILES string of the molecule is C=C/C(=C\C(C)(O)/C(=C\C)C(C)(O)O)c1cc(C)c(C)cc1CC(C)/C(C)=C/C=C\C.CCCCO.CO.S. The van der Waals surface area contributed by atoms with E-state index in [0.717, 1.165) is 43.1 Å². The van der Waals surface area contributed by atoms with Gasteiger partial charge < -0.3 is 25.5 Å². The summed E-state index contributed by atoms with van der Waals surface area (Å²) < 4.78 is 0. The molecule has 0 saturated carbocycles. The number of aliphatic hydroxyl groups is 5. The van der Waals surface area contributed by atoms with E-state index in [0.29, 0.717) is 12.5 Å². The van der Waals surface area contributed by atoms with Crippen LogP contribution in [0.2, 0.25) is 0 Å². The maximum absolute atomic E-state index is 11.1. The molecule has 0 amide bonds. The summed E-state index contributed by atoms with van der Waals surface area (Å²) in [6.45, 7) is 21.4.